The van der Waals surface area contributed by atoms with E-state index >= 15 is 0 Å². The maximum Gasteiger partial charge on any atom is 0.135 e. The molecule has 0 radical (unpaired) electrons. The van der Waals surface area contributed by atoms with Crippen molar-refractivity contribution < 1.29 is 4.74 Å². The minimum Gasteiger partial charge on any atom is -0.456 e. The lowest BCUT2D eigenvalue weighted by Gasteiger charge is -2.22. The smallest absolute Gasteiger partial charge is 0.135 e. The molecule has 8 rings (SSSR count). The summed E-state index contributed by atoms with van der Waals surface area (Å²) < 4.78 is 6.33. The van der Waals surface area contributed by atoms with Crippen LogP contribution in [0.25, 0.3) is 65.3 Å². The summed E-state index contributed by atoms with van der Waals surface area (Å²) in [6.07, 6.45) is 0. The van der Waals surface area contributed by atoms with E-state index in [0.29, 0.717) is 0 Å². The van der Waals surface area contributed by atoms with Gasteiger partial charge in [-0.2, -0.15) is 0 Å². The Kier molecular flexibility index (Phi) is 3.72. The van der Waals surface area contributed by atoms with E-state index in [1.165, 1.54) is 59.8 Å². The van der Waals surface area contributed by atoms with E-state index in [1.807, 2.05) is 12.1 Å². The van der Waals surface area contributed by atoms with Gasteiger partial charge >= 0.3 is 0 Å². The molecule has 7 aromatic rings. The van der Waals surface area contributed by atoms with E-state index in [9.17, 15) is 0 Å². The predicted octanol–water partition coefficient (Wildman–Crippen LogP) is 9.74. The summed E-state index contributed by atoms with van der Waals surface area (Å²) in [5.74, 6) is 1.85. The van der Waals surface area contributed by atoms with Gasteiger partial charge < -0.3 is 4.74 Å². The molecule has 0 atom stereocenters. The highest BCUT2D eigenvalue weighted by molar-refractivity contribution is 6.17. The second-order valence-electron chi connectivity index (χ2n) is 9.32. The van der Waals surface area contributed by atoms with Crippen molar-refractivity contribution in [2.24, 2.45) is 0 Å². The Labute approximate surface area is 202 Å². The van der Waals surface area contributed by atoms with Crippen LogP contribution >= 0.6 is 0 Å². The van der Waals surface area contributed by atoms with E-state index < -0.39 is 0 Å². The van der Waals surface area contributed by atoms with Crippen LogP contribution in [0.4, 0.5) is 0 Å². The lowest BCUT2D eigenvalue weighted by Crippen LogP contribution is -1.97. The van der Waals surface area contributed by atoms with Crippen molar-refractivity contribution in [3.63, 3.8) is 0 Å². The minimum absolute atomic E-state index is 0.920. The summed E-state index contributed by atoms with van der Waals surface area (Å²) in [4.78, 5) is 0. The quantitative estimate of drug-likeness (QED) is 0.181. The number of para-hydroxylation sites is 1. The Morgan fingerprint density at radius 3 is 2.00 bits per heavy atom. The first kappa shape index (κ1) is 18.8. The molecule has 0 unspecified atom stereocenters. The third kappa shape index (κ3) is 2.64. The number of fused-ring (bicyclic) bond motifs is 6. The number of hydrogen-bond donors (Lipinski definition) is 0. The van der Waals surface area contributed by atoms with Crippen molar-refractivity contribution in [1.82, 2.24) is 0 Å². The molecule has 0 amide bonds. The van der Waals surface area contributed by atoms with Crippen molar-refractivity contribution in [2.75, 3.05) is 0 Å². The van der Waals surface area contributed by atoms with Gasteiger partial charge in [0.05, 0.1) is 0 Å². The van der Waals surface area contributed by atoms with Crippen molar-refractivity contribution in [2.45, 2.75) is 0 Å². The largest absolute Gasteiger partial charge is 0.456 e. The second-order valence-corrected chi connectivity index (χ2v) is 9.32. The molecule has 0 aliphatic carbocycles. The normalized spacial score (nSPS) is 12.2. The van der Waals surface area contributed by atoms with Crippen LogP contribution in [0.3, 0.4) is 0 Å². The van der Waals surface area contributed by atoms with Crippen LogP contribution < -0.4 is 4.74 Å². The first-order chi connectivity index (χ1) is 17.3. The maximum atomic E-state index is 6.33. The van der Waals surface area contributed by atoms with E-state index in [2.05, 4.69) is 109 Å². The number of rotatable bonds is 1. The summed E-state index contributed by atoms with van der Waals surface area (Å²) in [5.41, 5.74) is 4.87. The molecule has 0 saturated heterocycles. The zero-order valence-corrected chi connectivity index (χ0v) is 19.0. The second kappa shape index (κ2) is 6.94. The molecule has 0 spiro atoms. The fourth-order valence-corrected chi connectivity index (χ4v) is 5.83. The molecular weight excluding hydrogens is 424 g/mol. The third-order valence-corrected chi connectivity index (χ3v) is 7.43. The zero-order chi connectivity index (χ0) is 22.9. The lowest BCUT2D eigenvalue weighted by atomic mass is 9.88. The average molecular weight is 445 g/mol. The van der Waals surface area contributed by atoms with Crippen LogP contribution in [0.2, 0.25) is 0 Å². The first-order valence-corrected chi connectivity index (χ1v) is 12.0. The molecule has 7 aromatic carbocycles. The van der Waals surface area contributed by atoms with E-state index in [1.54, 1.807) is 0 Å². The summed E-state index contributed by atoms with van der Waals surface area (Å²) >= 11 is 0. The molecule has 0 N–H and O–H groups in total. The Balaban J connectivity index is 1.43. The van der Waals surface area contributed by atoms with Gasteiger partial charge in [0, 0.05) is 10.9 Å². The van der Waals surface area contributed by atoms with Gasteiger partial charge in [0.25, 0.3) is 0 Å². The van der Waals surface area contributed by atoms with Gasteiger partial charge in [-0.1, -0.05) is 97.1 Å². The first-order valence-electron chi connectivity index (χ1n) is 12.0. The van der Waals surface area contributed by atoms with Gasteiger partial charge in [-0.3, -0.25) is 0 Å². The highest BCUT2D eigenvalue weighted by Gasteiger charge is 2.21. The fraction of sp³-hybridized carbons (Fsp3) is 0. The van der Waals surface area contributed by atoms with Gasteiger partial charge in [0.2, 0.25) is 0 Å². The topological polar surface area (TPSA) is 9.23 Å². The van der Waals surface area contributed by atoms with Crippen LogP contribution in [-0.2, 0) is 0 Å². The SMILES string of the molecule is c1ccc2c(c1)Oc1ccc(-c3cccc4cc5c(ccc6ccccc65)cc34)c3cccc-2c13. The van der Waals surface area contributed by atoms with Crippen molar-refractivity contribution in [3.05, 3.63) is 121 Å². The zero-order valence-electron chi connectivity index (χ0n) is 19.0. The molecule has 1 heteroatoms. The van der Waals surface area contributed by atoms with Crippen LogP contribution in [0, 0.1) is 0 Å². The van der Waals surface area contributed by atoms with Gasteiger partial charge in [-0.15, -0.1) is 0 Å². The molecule has 0 fully saturated rings. The Bertz CT molecular complexity index is 1980. The average Bonchev–Trinajstić information content (AvgIpc) is 2.92. The number of benzene rings is 7. The molecule has 1 nitrogen and oxygen atoms in total. The van der Waals surface area contributed by atoms with Crippen LogP contribution in [0.15, 0.2) is 121 Å². The standard InChI is InChI=1S/C34H20O/c1-2-9-24-21(7-1)15-16-23-20-31-22(19-30(23)24)8-5-11-25(31)26-17-18-33-34-28(26)12-6-13-29(34)27-10-3-4-14-32(27)35-33/h1-20H. The molecule has 35 heavy (non-hydrogen) atoms. The molecule has 0 bridgehead atoms. The van der Waals surface area contributed by atoms with Gasteiger partial charge in [-0.05, 0) is 78.7 Å². The number of hydrogen-bond acceptors (Lipinski definition) is 1. The van der Waals surface area contributed by atoms with Gasteiger partial charge in [0.15, 0.2) is 0 Å². The molecule has 1 aliphatic heterocycles. The predicted molar refractivity (Wildman–Crippen MR) is 147 cm³/mol. The van der Waals surface area contributed by atoms with Gasteiger partial charge in [-0.25, -0.2) is 0 Å². The maximum absolute atomic E-state index is 6.33. The van der Waals surface area contributed by atoms with Crippen LogP contribution in [-0.4, -0.2) is 0 Å². The monoisotopic (exact) mass is 444 g/mol. The van der Waals surface area contributed by atoms with E-state index in [0.717, 1.165) is 17.1 Å². The number of ether oxygens (including phenoxy) is 1. The molecule has 1 heterocycles. The summed E-state index contributed by atoms with van der Waals surface area (Å²) in [5, 5.41) is 10.1. The van der Waals surface area contributed by atoms with Crippen LogP contribution in [0.5, 0.6) is 11.5 Å². The highest BCUT2D eigenvalue weighted by atomic mass is 16.5. The van der Waals surface area contributed by atoms with Crippen molar-refractivity contribution in [1.29, 1.82) is 0 Å². The summed E-state index contributed by atoms with van der Waals surface area (Å²) in [7, 11) is 0. The molecule has 1 aliphatic rings. The molecule has 0 saturated carbocycles. The van der Waals surface area contributed by atoms with Crippen LogP contribution in [0.1, 0.15) is 0 Å². The molecule has 0 aromatic heterocycles. The van der Waals surface area contributed by atoms with Crippen molar-refractivity contribution >= 4 is 43.1 Å². The molecule has 162 valence electrons. The summed E-state index contributed by atoms with van der Waals surface area (Å²) in [6.45, 7) is 0. The van der Waals surface area contributed by atoms with Crippen molar-refractivity contribution in [3.8, 4) is 33.8 Å². The minimum atomic E-state index is 0.920. The summed E-state index contributed by atoms with van der Waals surface area (Å²) in [6, 6.07) is 43.7. The lowest BCUT2D eigenvalue weighted by molar-refractivity contribution is 0.487. The highest BCUT2D eigenvalue weighted by Crippen LogP contribution is 2.49. The Morgan fingerprint density at radius 1 is 0.343 bits per heavy atom. The van der Waals surface area contributed by atoms with E-state index in [4.69, 9.17) is 4.74 Å². The van der Waals surface area contributed by atoms with E-state index in [-0.39, 0.29) is 0 Å². The molecular formula is C34H20O. The van der Waals surface area contributed by atoms with Gasteiger partial charge in [0.1, 0.15) is 11.5 Å². The Morgan fingerprint density at radius 2 is 1.00 bits per heavy atom. The third-order valence-electron chi connectivity index (χ3n) is 7.43. The fourth-order valence-electron chi connectivity index (χ4n) is 5.83. The Hall–Kier alpha value is -4.62.